The second kappa shape index (κ2) is 5.21. The zero-order chi connectivity index (χ0) is 12.3. The van der Waals surface area contributed by atoms with Crippen LogP contribution in [-0.4, -0.2) is 19.0 Å². The van der Waals surface area contributed by atoms with Crippen molar-refractivity contribution >= 4 is 5.96 Å². The topological polar surface area (TPSA) is 36.4 Å². The molecule has 92 valence electrons. The average molecular weight is 231 g/mol. The van der Waals surface area contributed by atoms with Gasteiger partial charge in [-0.25, -0.2) is 0 Å². The highest BCUT2D eigenvalue weighted by Gasteiger charge is 2.06. The second-order valence-electron chi connectivity index (χ2n) is 4.74. The van der Waals surface area contributed by atoms with Crippen LogP contribution in [-0.2, 0) is 6.54 Å². The first-order valence-electron chi connectivity index (χ1n) is 6.26. The van der Waals surface area contributed by atoms with Crippen LogP contribution >= 0.6 is 0 Å². The van der Waals surface area contributed by atoms with E-state index in [-0.39, 0.29) is 0 Å². The molecule has 1 aliphatic rings. The lowest BCUT2D eigenvalue weighted by Crippen LogP contribution is -2.40. The summed E-state index contributed by atoms with van der Waals surface area (Å²) in [6.07, 6.45) is 1.13. The summed E-state index contributed by atoms with van der Waals surface area (Å²) >= 11 is 0. The third-order valence-electron chi connectivity index (χ3n) is 3.17. The van der Waals surface area contributed by atoms with E-state index in [1.165, 1.54) is 22.3 Å². The van der Waals surface area contributed by atoms with Gasteiger partial charge in [0.1, 0.15) is 0 Å². The maximum atomic E-state index is 4.42. The standard InChI is InChI=1S/C14H21N3/c1-10-7-11(2)13(12(3)8-10)9-17-14-15-5-4-6-16-14/h7-8H,4-6,9H2,1-3H3,(H2,15,16,17). The quantitative estimate of drug-likeness (QED) is 0.817. The summed E-state index contributed by atoms with van der Waals surface area (Å²) in [7, 11) is 0. The Morgan fingerprint density at radius 2 is 1.94 bits per heavy atom. The first-order chi connectivity index (χ1) is 8.16. The van der Waals surface area contributed by atoms with Gasteiger partial charge in [0, 0.05) is 19.6 Å². The fraction of sp³-hybridized carbons (Fsp3) is 0.500. The summed E-state index contributed by atoms with van der Waals surface area (Å²) in [4.78, 5) is 4.42. The van der Waals surface area contributed by atoms with Gasteiger partial charge in [0.05, 0.1) is 0 Å². The molecule has 1 aromatic rings. The average Bonchev–Trinajstić information content (AvgIpc) is 2.29. The van der Waals surface area contributed by atoms with Gasteiger partial charge in [-0.2, -0.15) is 0 Å². The molecule has 0 saturated heterocycles. The van der Waals surface area contributed by atoms with E-state index >= 15 is 0 Å². The maximum Gasteiger partial charge on any atom is 0.191 e. The summed E-state index contributed by atoms with van der Waals surface area (Å²) in [5.74, 6) is 0.940. The molecule has 0 bridgehead atoms. The number of hydrogen-bond donors (Lipinski definition) is 2. The van der Waals surface area contributed by atoms with Gasteiger partial charge in [-0.05, 0) is 43.9 Å². The zero-order valence-electron chi connectivity index (χ0n) is 10.9. The van der Waals surface area contributed by atoms with E-state index in [1.54, 1.807) is 0 Å². The van der Waals surface area contributed by atoms with Crippen molar-refractivity contribution in [3.8, 4) is 0 Å². The molecule has 3 heteroatoms. The van der Waals surface area contributed by atoms with E-state index in [1.807, 2.05) is 0 Å². The van der Waals surface area contributed by atoms with Gasteiger partial charge in [-0.3, -0.25) is 4.99 Å². The summed E-state index contributed by atoms with van der Waals surface area (Å²) in [5, 5.41) is 6.66. The van der Waals surface area contributed by atoms with Crippen LogP contribution in [0.25, 0.3) is 0 Å². The van der Waals surface area contributed by atoms with Crippen LogP contribution in [0.2, 0.25) is 0 Å². The molecule has 2 rings (SSSR count). The van der Waals surface area contributed by atoms with E-state index < -0.39 is 0 Å². The van der Waals surface area contributed by atoms with Crippen LogP contribution in [0.15, 0.2) is 17.1 Å². The predicted octanol–water partition coefficient (Wildman–Crippen LogP) is 2.05. The van der Waals surface area contributed by atoms with Gasteiger partial charge in [0.25, 0.3) is 0 Å². The number of hydrogen-bond acceptors (Lipinski definition) is 3. The van der Waals surface area contributed by atoms with Crippen molar-refractivity contribution in [2.24, 2.45) is 4.99 Å². The molecule has 0 spiro atoms. The second-order valence-corrected chi connectivity index (χ2v) is 4.74. The van der Waals surface area contributed by atoms with Crippen molar-refractivity contribution in [1.29, 1.82) is 0 Å². The van der Waals surface area contributed by atoms with Crippen molar-refractivity contribution in [3.63, 3.8) is 0 Å². The Morgan fingerprint density at radius 1 is 1.24 bits per heavy atom. The summed E-state index contributed by atoms with van der Waals surface area (Å²) in [6.45, 7) is 9.30. The summed E-state index contributed by atoms with van der Waals surface area (Å²) < 4.78 is 0. The number of benzene rings is 1. The molecule has 3 nitrogen and oxygen atoms in total. The highest BCUT2D eigenvalue weighted by atomic mass is 15.2. The molecule has 0 aromatic heterocycles. The molecule has 0 unspecified atom stereocenters. The molecular formula is C14H21N3. The number of nitrogens with zero attached hydrogens (tertiary/aromatic N) is 1. The minimum atomic E-state index is 0.851. The smallest absolute Gasteiger partial charge is 0.191 e. The van der Waals surface area contributed by atoms with E-state index in [0.29, 0.717) is 0 Å². The fourth-order valence-electron chi connectivity index (χ4n) is 2.31. The third kappa shape index (κ3) is 2.99. The molecule has 0 radical (unpaired) electrons. The highest BCUT2D eigenvalue weighted by Crippen LogP contribution is 2.15. The van der Waals surface area contributed by atoms with Gasteiger partial charge < -0.3 is 10.6 Å². The molecular weight excluding hydrogens is 210 g/mol. The SMILES string of the molecule is Cc1cc(C)c(CNC2=NCCCN2)c(C)c1. The van der Waals surface area contributed by atoms with Gasteiger partial charge in [-0.1, -0.05) is 17.7 Å². The minimum Gasteiger partial charge on any atom is -0.356 e. The molecule has 0 amide bonds. The predicted molar refractivity (Wildman–Crippen MR) is 72.4 cm³/mol. The van der Waals surface area contributed by atoms with Crippen molar-refractivity contribution in [3.05, 3.63) is 34.4 Å². The van der Waals surface area contributed by atoms with Crippen molar-refractivity contribution in [1.82, 2.24) is 10.6 Å². The molecule has 1 aliphatic heterocycles. The Bertz CT molecular complexity index is 412. The van der Waals surface area contributed by atoms with Crippen molar-refractivity contribution in [2.75, 3.05) is 13.1 Å². The Kier molecular flexibility index (Phi) is 3.67. The number of aryl methyl sites for hydroxylation is 3. The highest BCUT2D eigenvalue weighted by molar-refractivity contribution is 5.80. The normalized spacial score (nSPS) is 15.1. The molecule has 0 atom stereocenters. The van der Waals surface area contributed by atoms with Gasteiger partial charge in [0.15, 0.2) is 5.96 Å². The maximum absolute atomic E-state index is 4.42. The van der Waals surface area contributed by atoms with E-state index in [9.17, 15) is 0 Å². The summed E-state index contributed by atoms with van der Waals surface area (Å²) in [6, 6.07) is 4.47. The van der Waals surface area contributed by atoms with Crippen LogP contribution in [0.3, 0.4) is 0 Å². The molecule has 2 N–H and O–H groups in total. The molecule has 17 heavy (non-hydrogen) atoms. The molecule has 0 aliphatic carbocycles. The van der Waals surface area contributed by atoms with Crippen molar-refractivity contribution < 1.29 is 0 Å². The number of nitrogens with one attached hydrogen (secondary N) is 2. The van der Waals surface area contributed by atoms with E-state index in [2.05, 4.69) is 48.5 Å². The van der Waals surface area contributed by atoms with Crippen molar-refractivity contribution in [2.45, 2.75) is 33.7 Å². The van der Waals surface area contributed by atoms with Crippen LogP contribution < -0.4 is 10.6 Å². The lowest BCUT2D eigenvalue weighted by atomic mass is 10.00. The molecule has 0 fully saturated rings. The van der Waals surface area contributed by atoms with Crippen LogP contribution in [0, 0.1) is 20.8 Å². The number of guanidine groups is 1. The van der Waals surface area contributed by atoms with Gasteiger partial charge >= 0.3 is 0 Å². The van der Waals surface area contributed by atoms with Gasteiger partial charge in [0.2, 0.25) is 0 Å². The first kappa shape index (κ1) is 12.0. The minimum absolute atomic E-state index is 0.851. The van der Waals surface area contributed by atoms with E-state index in [0.717, 1.165) is 32.0 Å². The Hall–Kier alpha value is -1.51. The lowest BCUT2D eigenvalue weighted by molar-refractivity contribution is 0.700. The Labute approximate surface area is 103 Å². The van der Waals surface area contributed by atoms with Gasteiger partial charge in [-0.15, -0.1) is 0 Å². The van der Waals surface area contributed by atoms with Crippen LogP contribution in [0.1, 0.15) is 28.7 Å². The lowest BCUT2D eigenvalue weighted by Gasteiger charge is -2.18. The van der Waals surface area contributed by atoms with Crippen LogP contribution in [0.5, 0.6) is 0 Å². The third-order valence-corrected chi connectivity index (χ3v) is 3.17. The Balaban J connectivity index is 2.06. The first-order valence-corrected chi connectivity index (χ1v) is 6.26. The number of aliphatic imine (C=N–C) groups is 1. The molecule has 1 heterocycles. The zero-order valence-corrected chi connectivity index (χ0v) is 10.9. The number of rotatable bonds is 2. The molecule has 0 saturated carbocycles. The Morgan fingerprint density at radius 3 is 2.53 bits per heavy atom. The fourth-order valence-corrected chi connectivity index (χ4v) is 2.31. The van der Waals surface area contributed by atoms with E-state index in [4.69, 9.17) is 0 Å². The molecule has 1 aromatic carbocycles. The summed E-state index contributed by atoms with van der Waals surface area (Å²) in [5.41, 5.74) is 5.42. The monoisotopic (exact) mass is 231 g/mol. The largest absolute Gasteiger partial charge is 0.356 e. The van der Waals surface area contributed by atoms with Crippen LogP contribution in [0.4, 0.5) is 0 Å².